The number of rotatable bonds is 1. The second kappa shape index (κ2) is 3.86. The van der Waals surface area contributed by atoms with E-state index in [2.05, 4.69) is 5.32 Å². The summed E-state index contributed by atoms with van der Waals surface area (Å²) in [5, 5.41) is 2.80. The summed E-state index contributed by atoms with van der Waals surface area (Å²) < 4.78 is 0.614. The molecule has 0 radical (unpaired) electrons. The maximum atomic E-state index is 12.1. The molecule has 1 aromatic rings. The van der Waals surface area contributed by atoms with Crippen LogP contribution in [0.3, 0.4) is 0 Å². The second-order valence-corrected chi connectivity index (χ2v) is 6.42. The van der Waals surface area contributed by atoms with Crippen LogP contribution in [0.2, 0.25) is 4.34 Å². The van der Waals surface area contributed by atoms with Crippen LogP contribution >= 0.6 is 22.9 Å². The molecule has 0 bridgehead atoms. The molecular weight excluding hydrogens is 274 g/mol. The Balaban J connectivity index is 1.69. The van der Waals surface area contributed by atoms with Crippen molar-refractivity contribution >= 4 is 34.9 Å². The van der Waals surface area contributed by atoms with Crippen LogP contribution in [0.25, 0.3) is 0 Å². The maximum Gasteiger partial charge on any atom is 0.317 e. The minimum absolute atomic E-state index is 0.00901. The highest BCUT2D eigenvalue weighted by Crippen LogP contribution is 2.32. The topological polar surface area (TPSA) is 52.7 Å². The third kappa shape index (κ3) is 1.59. The van der Waals surface area contributed by atoms with Crippen LogP contribution in [0, 0.1) is 0 Å². The van der Waals surface area contributed by atoms with E-state index in [4.69, 9.17) is 11.6 Å². The Bertz CT molecular complexity index is 524. The van der Waals surface area contributed by atoms with Crippen LogP contribution in [0.5, 0.6) is 0 Å². The molecule has 96 valence electrons. The molecular formula is C11H12ClN3O2S. The van der Waals surface area contributed by atoms with Crippen molar-refractivity contribution in [2.75, 3.05) is 26.7 Å². The van der Waals surface area contributed by atoms with E-state index in [1.807, 2.05) is 0 Å². The summed E-state index contributed by atoms with van der Waals surface area (Å²) in [7, 11) is 1.77. The van der Waals surface area contributed by atoms with Crippen LogP contribution in [0.1, 0.15) is 9.67 Å². The fourth-order valence-corrected chi connectivity index (χ4v) is 3.42. The molecule has 18 heavy (non-hydrogen) atoms. The van der Waals surface area contributed by atoms with Crippen molar-refractivity contribution in [2.24, 2.45) is 0 Å². The van der Waals surface area contributed by atoms with Gasteiger partial charge in [0, 0.05) is 26.7 Å². The number of thiophene rings is 1. The van der Waals surface area contributed by atoms with Gasteiger partial charge in [-0.1, -0.05) is 11.6 Å². The van der Waals surface area contributed by atoms with Gasteiger partial charge in [0.2, 0.25) is 0 Å². The predicted molar refractivity (Wildman–Crippen MR) is 69.1 cm³/mol. The monoisotopic (exact) mass is 285 g/mol. The summed E-state index contributed by atoms with van der Waals surface area (Å²) in [5.41, 5.74) is -0.214. The van der Waals surface area contributed by atoms with Crippen LogP contribution < -0.4 is 5.32 Å². The number of halogens is 1. The van der Waals surface area contributed by atoms with Crippen molar-refractivity contribution in [3.8, 4) is 0 Å². The maximum absolute atomic E-state index is 12.1. The number of likely N-dealkylation sites (tertiary alicyclic amines) is 1. The van der Waals surface area contributed by atoms with Crippen LogP contribution in [0.15, 0.2) is 12.1 Å². The quantitative estimate of drug-likeness (QED) is 0.844. The van der Waals surface area contributed by atoms with Crippen molar-refractivity contribution < 1.29 is 9.59 Å². The zero-order chi connectivity index (χ0) is 12.9. The number of nitrogens with zero attached hydrogens (tertiary/aromatic N) is 2. The zero-order valence-electron chi connectivity index (χ0n) is 9.77. The number of likely N-dealkylation sites (N-methyl/N-ethyl adjacent to an activating group) is 1. The molecule has 0 unspecified atom stereocenters. The molecule has 1 spiro atoms. The van der Waals surface area contributed by atoms with Gasteiger partial charge < -0.3 is 15.1 Å². The van der Waals surface area contributed by atoms with Gasteiger partial charge in [0.25, 0.3) is 5.91 Å². The van der Waals surface area contributed by atoms with Crippen molar-refractivity contribution in [3.63, 3.8) is 0 Å². The Morgan fingerprint density at radius 2 is 2.22 bits per heavy atom. The highest BCUT2D eigenvalue weighted by atomic mass is 35.5. The second-order valence-electron chi connectivity index (χ2n) is 4.71. The Morgan fingerprint density at radius 1 is 1.50 bits per heavy atom. The summed E-state index contributed by atoms with van der Waals surface area (Å²) in [4.78, 5) is 27.6. The van der Waals surface area contributed by atoms with Crippen LogP contribution in [-0.2, 0) is 0 Å². The van der Waals surface area contributed by atoms with Gasteiger partial charge in [-0.3, -0.25) is 4.79 Å². The van der Waals surface area contributed by atoms with Crippen LogP contribution in [0.4, 0.5) is 4.79 Å². The lowest BCUT2D eigenvalue weighted by atomic mass is 9.89. The number of hydrogen-bond donors (Lipinski definition) is 1. The van der Waals surface area contributed by atoms with Gasteiger partial charge in [0.05, 0.1) is 14.8 Å². The average molecular weight is 286 g/mol. The zero-order valence-corrected chi connectivity index (χ0v) is 11.3. The van der Waals surface area contributed by atoms with Crippen molar-refractivity contribution in [1.29, 1.82) is 0 Å². The molecule has 5 nitrogen and oxygen atoms in total. The standard InChI is InChI=1S/C11H12ClN3O2S/c1-14-10(17)13-4-11(14)5-15(6-11)9(16)7-2-3-8(12)18-7/h2-3H,4-6H2,1H3,(H,13,17). The van der Waals surface area contributed by atoms with Gasteiger partial charge in [0.15, 0.2) is 0 Å². The molecule has 7 heteroatoms. The van der Waals surface area contributed by atoms with Crippen molar-refractivity contribution in [3.05, 3.63) is 21.3 Å². The number of nitrogens with one attached hydrogen (secondary N) is 1. The largest absolute Gasteiger partial charge is 0.335 e. The number of carbonyl (C=O) groups is 2. The molecule has 0 atom stereocenters. The van der Waals surface area contributed by atoms with Gasteiger partial charge in [0.1, 0.15) is 0 Å². The summed E-state index contributed by atoms with van der Waals surface area (Å²) in [6, 6.07) is 3.39. The van der Waals surface area contributed by atoms with E-state index >= 15 is 0 Å². The Kier molecular flexibility index (Phi) is 2.53. The van der Waals surface area contributed by atoms with Crippen molar-refractivity contribution in [2.45, 2.75) is 5.54 Å². The first-order valence-electron chi connectivity index (χ1n) is 5.58. The first-order valence-corrected chi connectivity index (χ1v) is 6.78. The van der Waals surface area contributed by atoms with Gasteiger partial charge in [-0.25, -0.2) is 4.79 Å². The van der Waals surface area contributed by atoms with E-state index in [0.29, 0.717) is 28.8 Å². The molecule has 0 aliphatic carbocycles. The molecule has 3 heterocycles. The Morgan fingerprint density at radius 3 is 2.72 bits per heavy atom. The molecule has 0 aromatic carbocycles. The molecule has 1 N–H and O–H groups in total. The SMILES string of the molecule is CN1C(=O)NCC12CN(C(=O)c1ccc(Cl)s1)C2. The fourth-order valence-electron chi connectivity index (χ4n) is 2.41. The minimum Gasteiger partial charge on any atom is -0.335 e. The molecule has 3 rings (SSSR count). The molecule has 2 aliphatic rings. The van der Waals surface area contributed by atoms with E-state index in [1.165, 1.54) is 11.3 Å². The van der Waals surface area contributed by atoms with E-state index in [0.717, 1.165) is 0 Å². The lowest BCUT2D eigenvalue weighted by molar-refractivity contribution is 0.00813. The molecule has 2 fully saturated rings. The Labute approximate surface area is 113 Å². The summed E-state index contributed by atoms with van der Waals surface area (Å²) in [5.74, 6) is -0.00901. The van der Waals surface area contributed by atoms with Gasteiger partial charge >= 0.3 is 6.03 Å². The molecule has 2 saturated heterocycles. The number of carbonyl (C=O) groups excluding carboxylic acids is 2. The number of hydrogen-bond acceptors (Lipinski definition) is 3. The van der Waals surface area contributed by atoms with Gasteiger partial charge in [-0.05, 0) is 12.1 Å². The molecule has 2 aliphatic heterocycles. The highest BCUT2D eigenvalue weighted by molar-refractivity contribution is 7.17. The first-order chi connectivity index (χ1) is 8.52. The fraction of sp³-hybridized carbons (Fsp3) is 0.455. The van der Waals surface area contributed by atoms with E-state index in [9.17, 15) is 9.59 Å². The first kappa shape index (κ1) is 11.8. The van der Waals surface area contributed by atoms with Gasteiger partial charge in [-0.2, -0.15) is 0 Å². The summed E-state index contributed by atoms with van der Waals surface area (Å²) >= 11 is 7.10. The van der Waals surface area contributed by atoms with Gasteiger partial charge in [-0.15, -0.1) is 11.3 Å². The number of urea groups is 1. The lowest BCUT2D eigenvalue weighted by Gasteiger charge is -2.50. The summed E-state index contributed by atoms with van der Waals surface area (Å²) in [6.45, 7) is 1.77. The average Bonchev–Trinajstić information content (AvgIpc) is 2.83. The Hall–Kier alpha value is -1.27. The molecule has 1 aromatic heterocycles. The molecule has 0 saturated carbocycles. The van der Waals surface area contributed by atoms with Crippen LogP contribution in [-0.4, -0.2) is 54.0 Å². The third-order valence-electron chi connectivity index (χ3n) is 3.63. The summed E-state index contributed by atoms with van der Waals surface area (Å²) in [6.07, 6.45) is 0. The smallest absolute Gasteiger partial charge is 0.317 e. The van der Waals surface area contributed by atoms with Crippen molar-refractivity contribution in [1.82, 2.24) is 15.1 Å². The van der Waals surface area contributed by atoms with E-state index < -0.39 is 0 Å². The van der Waals surface area contributed by atoms with E-state index in [-0.39, 0.29) is 17.5 Å². The highest BCUT2D eigenvalue weighted by Gasteiger charge is 2.53. The number of amides is 3. The van der Waals surface area contributed by atoms with E-state index in [1.54, 1.807) is 29.0 Å². The minimum atomic E-state index is -0.214. The third-order valence-corrected chi connectivity index (χ3v) is 4.85. The molecule has 3 amide bonds. The lowest BCUT2D eigenvalue weighted by Crippen LogP contribution is -2.70. The predicted octanol–water partition coefficient (Wildman–Crippen LogP) is 1.25. The normalized spacial score (nSPS) is 21.1.